The van der Waals surface area contributed by atoms with E-state index in [2.05, 4.69) is 0 Å². The van der Waals surface area contributed by atoms with Gasteiger partial charge < -0.3 is 10.6 Å². The van der Waals surface area contributed by atoms with Gasteiger partial charge in [-0.2, -0.15) is 26.3 Å². The molecule has 2 aromatic carbocycles. The van der Waals surface area contributed by atoms with Crippen molar-refractivity contribution >= 4 is 24.2 Å². The lowest BCUT2D eigenvalue weighted by atomic mass is 9.78. The predicted octanol–water partition coefficient (Wildman–Crippen LogP) is 5.14. The normalized spacial score (nSPS) is 18.6. The Morgan fingerprint density at radius 1 is 1.03 bits per heavy atom. The number of hydrogen-bond acceptors (Lipinski definition) is 3. The molecule has 13 heteroatoms. The monoisotopic (exact) mass is 569 g/mol. The first-order chi connectivity index (χ1) is 17.1. The van der Waals surface area contributed by atoms with Crippen molar-refractivity contribution in [2.24, 2.45) is 11.7 Å². The Kier molecular flexibility index (Phi) is 9.82. The van der Waals surface area contributed by atoms with E-state index < -0.39 is 59.5 Å². The first-order valence-electron chi connectivity index (χ1n) is 11.4. The van der Waals surface area contributed by atoms with E-state index in [0.717, 1.165) is 4.90 Å². The average molecular weight is 570 g/mol. The van der Waals surface area contributed by atoms with Crippen LogP contribution in [0, 0.1) is 18.7 Å². The average Bonchev–Trinajstić information content (AvgIpc) is 2.77. The zero-order chi connectivity index (χ0) is 27.7. The van der Waals surface area contributed by atoms with Crippen LogP contribution in [0.1, 0.15) is 40.2 Å². The smallest absolute Gasteiger partial charge is 0.369 e. The van der Waals surface area contributed by atoms with Crippen LogP contribution in [0.2, 0.25) is 0 Å². The van der Waals surface area contributed by atoms with Crippen molar-refractivity contribution in [3.63, 3.8) is 0 Å². The highest BCUT2D eigenvalue weighted by Gasteiger charge is 2.39. The summed E-state index contributed by atoms with van der Waals surface area (Å²) in [5, 5.41) is 0. The van der Waals surface area contributed by atoms with E-state index in [1.54, 1.807) is 11.8 Å². The van der Waals surface area contributed by atoms with Crippen LogP contribution in [-0.2, 0) is 28.5 Å². The van der Waals surface area contributed by atoms with Gasteiger partial charge in [-0.15, -0.1) is 12.4 Å². The van der Waals surface area contributed by atoms with Gasteiger partial charge in [-0.3, -0.25) is 14.5 Å². The van der Waals surface area contributed by atoms with E-state index in [1.807, 2.05) is 0 Å². The van der Waals surface area contributed by atoms with Crippen LogP contribution >= 0.6 is 12.4 Å². The number of hydrogen-bond donors (Lipinski definition) is 1. The number of nitrogens with zero attached hydrogens (tertiary/aromatic N) is 2. The Morgan fingerprint density at radius 3 is 2.11 bits per heavy atom. The molecule has 2 unspecified atom stereocenters. The summed E-state index contributed by atoms with van der Waals surface area (Å²) >= 11 is 0. The molecule has 0 bridgehead atoms. The molecule has 1 aliphatic heterocycles. The maximum atomic E-state index is 13.7. The van der Waals surface area contributed by atoms with Gasteiger partial charge in [0, 0.05) is 32.0 Å². The molecule has 1 saturated heterocycles. The van der Waals surface area contributed by atoms with Crippen molar-refractivity contribution in [1.82, 2.24) is 9.80 Å². The number of benzene rings is 2. The maximum Gasteiger partial charge on any atom is 0.416 e. The van der Waals surface area contributed by atoms with Crippen LogP contribution in [-0.4, -0.2) is 48.3 Å². The topological polar surface area (TPSA) is 66.6 Å². The lowest BCUT2D eigenvalue weighted by Gasteiger charge is -2.39. The summed E-state index contributed by atoms with van der Waals surface area (Å²) in [6.45, 7) is 1.69. The molecule has 0 aromatic heterocycles. The number of alkyl halides is 6. The molecule has 2 aromatic rings. The Hall–Kier alpha value is -2.86. The minimum atomic E-state index is -5.00. The molecular formula is C25H27ClF7N3O2. The van der Waals surface area contributed by atoms with Crippen LogP contribution in [0.4, 0.5) is 30.7 Å². The van der Waals surface area contributed by atoms with E-state index in [1.165, 1.54) is 25.2 Å². The van der Waals surface area contributed by atoms with Crippen molar-refractivity contribution in [3.05, 3.63) is 70.0 Å². The fourth-order valence-electron chi connectivity index (χ4n) is 4.79. The number of carbonyl (C=O) groups is 2. The van der Waals surface area contributed by atoms with Crippen LogP contribution < -0.4 is 5.73 Å². The molecule has 1 heterocycles. The second kappa shape index (κ2) is 11.9. The minimum absolute atomic E-state index is 0. The molecule has 2 amide bonds. The number of piperidine rings is 1. The minimum Gasteiger partial charge on any atom is -0.369 e. The highest BCUT2D eigenvalue weighted by Crippen LogP contribution is 2.38. The predicted molar refractivity (Wildman–Crippen MR) is 128 cm³/mol. The summed E-state index contributed by atoms with van der Waals surface area (Å²) in [6.07, 6.45) is -9.75. The summed E-state index contributed by atoms with van der Waals surface area (Å²) in [6, 6.07) is 5.29. The van der Waals surface area contributed by atoms with E-state index in [4.69, 9.17) is 5.73 Å². The summed E-state index contributed by atoms with van der Waals surface area (Å²) in [5.41, 5.74) is 3.29. The zero-order valence-electron chi connectivity index (χ0n) is 20.5. The molecule has 38 heavy (non-hydrogen) atoms. The van der Waals surface area contributed by atoms with Gasteiger partial charge in [0.25, 0.3) is 0 Å². The van der Waals surface area contributed by atoms with Gasteiger partial charge in [-0.1, -0.05) is 6.07 Å². The molecule has 0 spiro atoms. The number of aryl methyl sites for hydroxylation is 1. The third-order valence-electron chi connectivity index (χ3n) is 6.47. The second-order valence-electron chi connectivity index (χ2n) is 9.31. The van der Waals surface area contributed by atoms with Crippen molar-refractivity contribution in [3.8, 4) is 0 Å². The first kappa shape index (κ1) is 31.4. The van der Waals surface area contributed by atoms with Gasteiger partial charge in [0.2, 0.25) is 11.8 Å². The molecule has 0 radical (unpaired) electrons. The molecule has 5 nitrogen and oxygen atoms in total. The van der Waals surface area contributed by atoms with Gasteiger partial charge >= 0.3 is 12.4 Å². The van der Waals surface area contributed by atoms with Crippen molar-refractivity contribution in [2.45, 2.75) is 38.2 Å². The lowest BCUT2D eigenvalue weighted by Crippen LogP contribution is -2.48. The fourth-order valence-corrected chi connectivity index (χ4v) is 4.79. The highest BCUT2D eigenvalue weighted by atomic mass is 35.5. The van der Waals surface area contributed by atoms with Crippen LogP contribution in [0.5, 0.6) is 0 Å². The second-order valence-corrected chi connectivity index (χ2v) is 9.31. The number of primary amides is 1. The number of nitrogens with two attached hydrogens (primary N) is 1. The Labute approximate surface area is 221 Å². The van der Waals surface area contributed by atoms with Crippen LogP contribution in [0.15, 0.2) is 36.4 Å². The van der Waals surface area contributed by atoms with E-state index in [9.17, 15) is 40.3 Å². The maximum absolute atomic E-state index is 13.7. The first-order valence-corrected chi connectivity index (χ1v) is 11.4. The fraction of sp³-hybridized carbons (Fsp3) is 0.440. The van der Waals surface area contributed by atoms with E-state index >= 15 is 0 Å². The zero-order valence-corrected chi connectivity index (χ0v) is 21.3. The van der Waals surface area contributed by atoms with Crippen molar-refractivity contribution in [2.75, 3.05) is 26.7 Å². The molecule has 0 saturated carbocycles. The molecule has 1 aliphatic rings. The number of halogens is 8. The van der Waals surface area contributed by atoms with Gasteiger partial charge in [0.15, 0.2) is 0 Å². The lowest BCUT2D eigenvalue weighted by molar-refractivity contribution is -0.143. The summed E-state index contributed by atoms with van der Waals surface area (Å²) in [7, 11) is 1.31. The molecule has 2 N–H and O–H groups in total. The van der Waals surface area contributed by atoms with Crippen molar-refractivity contribution < 1.29 is 40.3 Å². The standard InChI is InChI=1S/C25H26F7N3O2.ClH/c1-14-7-18(26)3-4-19(14)21-12-35(13-22(33)36)6-5-20(21)23(37)34(2)11-15-8-16(24(27,28)29)10-17(9-15)25(30,31)32;/h3-4,7-10,20-21H,5-6,11-13H2,1-2H3,(H2,33,36);1H. The van der Waals surface area contributed by atoms with Crippen LogP contribution in [0.25, 0.3) is 0 Å². The summed E-state index contributed by atoms with van der Waals surface area (Å²) in [5.74, 6) is -2.74. The van der Waals surface area contributed by atoms with Crippen molar-refractivity contribution in [1.29, 1.82) is 0 Å². The Morgan fingerprint density at radius 2 is 1.61 bits per heavy atom. The Bertz CT molecular complexity index is 1140. The molecule has 0 aliphatic carbocycles. The van der Waals surface area contributed by atoms with Gasteiger partial charge in [0.1, 0.15) is 5.82 Å². The SMILES string of the molecule is Cc1cc(F)ccc1C1CN(CC(N)=O)CCC1C(=O)N(C)Cc1cc(C(F)(F)F)cc(C(F)(F)F)c1.Cl. The largest absolute Gasteiger partial charge is 0.416 e. The summed E-state index contributed by atoms with van der Waals surface area (Å²) in [4.78, 5) is 27.7. The van der Waals surface area contributed by atoms with E-state index in [0.29, 0.717) is 29.8 Å². The highest BCUT2D eigenvalue weighted by molar-refractivity contribution is 5.85. The third-order valence-corrected chi connectivity index (χ3v) is 6.47. The number of carbonyl (C=O) groups excluding carboxylic acids is 2. The summed E-state index contributed by atoms with van der Waals surface area (Å²) < 4.78 is 93.2. The van der Waals surface area contributed by atoms with Gasteiger partial charge in [-0.05, 0) is 66.9 Å². The quantitative estimate of drug-likeness (QED) is 0.490. The molecule has 210 valence electrons. The molecule has 2 atom stereocenters. The molecule has 3 rings (SSSR count). The van der Waals surface area contributed by atoms with Crippen LogP contribution in [0.3, 0.4) is 0 Å². The Balaban J connectivity index is 0.00000507. The van der Waals surface area contributed by atoms with Gasteiger partial charge in [-0.25, -0.2) is 4.39 Å². The number of rotatable bonds is 6. The molecule has 1 fully saturated rings. The number of amides is 2. The third kappa shape index (κ3) is 7.59. The number of likely N-dealkylation sites (tertiary alicyclic amines) is 1. The molecular weight excluding hydrogens is 543 g/mol. The van der Waals surface area contributed by atoms with E-state index in [-0.39, 0.29) is 43.5 Å². The van der Waals surface area contributed by atoms with Gasteiger partial charge in [0.05, 0.1) is 17.7 Å².